The van der Waals surface area contributed by atoms with E-state index in [2.05, 4.69) is 15.2 Å². The number of sulfonamides is 1. The van der Waals surface area contributed by atoms with Crippen LogP contribution in [0.15, 0.2) is 53.7 Å². The summed E-state index contributed by atoms with van der Waals surface area (Å²) in [4.78, 5) is 16.9. The van der Waals surface area contributed by atoms with Gasteiger partial charge in [-0.1, -0.05) is 18.2 Å². The Labute approximate surface area is 244 Å². The summed E-state index contributed by atoms with van der Waals surface area (Å²) in [5.41, 5.74) is 2.71. The molecule has 220 valence electrons. The zero-order valence-corrected chi connectivity index (χ0v) is 25.0. The number of aryl methyl sites for hydroxylation is 3. The topological polar surface area (TPSA) is 136 Å². The van der Waals surface area contributed by atoms with Crippen molar-refractivity contribution < 1.29 is 27.8 Å². The fourth-order valence-corrected chi connectivity index (χ4v) is 7.48. The molecule has 1 atom stereocenters. The van der Waals surface area contributed by atoms with Crippen LogP contribution in [0.2, 0.25) is 0 Å². The standard InChI is InChI=1S/C30H33N5O6S/c1-18-8-9-21(25(29(4,5)28(36)37)23-10-12-35-20(3)32-33-26(35)19(23)2)13-22(18)14-34-15-30(16-40-17-30)41-27-24(42(34,38)39)7-6-11-31-27/h6-13,25H,14-17H2,1-5H3,(H,36,37)/t25-/m0/s1. The maximum Gasteiger partial charge on any atom is 0.310 e. The summed E-state index contributed by atoms with van der Waals surface area (Å²) in [7, 11) is -3.96. The Morgan fingerprint density at radius 1 is 1.14 bits per heavy atom. The molecule has 2 aliphatic rings. The molecule has 1 saturated heterocycles. The van der Waals surface area contributed by atoms with Crippen LogP contribution < -0.4 is 4.74 Å². The molecule has 0 bridgehead atoms. The van der Waals surface area contributed by atoms with Gasteiger partial charge in [-0.15, -0.1) is 10.2 Å². The lowest BCUT2D eigenvalue weighted by Crippen LogP contribution is -2.60. The molecule has 42 heavy (non-hydrogen) atoms. The van der Waals surface area contributed by atoms with Gasteiger partial charge in [-0.25, -0.2) is 13.4 Å². The van der Waals surface area contributed by atoms with Gasteiger partial charge in [0.2, 0.25) is 15.9 Å². The number of carboxylic acid groups (broad SMARTS) is 1. The highest BCUT2D eigenvalue weighted by atomic mass is 32.2. The van der Waals surface area contributed by atoms with Crippen molar-refractivity contribution in [3.05, 3.63) is 82.4 Å². The minimum Gasteiger partial charge on any atom is -0.481 e. The van der Waals surface area contributed by atoms with Crippen molar-refractivity contribution in [3.8, 4) is 5.88 Å². The third-order valence-electron chi connectivity index (χ3n) is 8.54. The number of fused-ring (bicyclic) bond motifs is 2. The van der Waals surface area contributed by atoms with Gasteiger partial charge >= 0.3 is 5.97 Å². The van der Waals surface area contributed by atoms with Crippen LogP contribution in [-0.2, 0) is 26.1 Å². The normalized spacial score (nSPS) is 18.6. The van der Waals surface area contributed by atoms with E-state index in [1.54, 1.807) is 19.9 Å². The monoisotopic (exact) mass is 591 g/mol. The molecule has 3 aromatic heterocycles. The van der Waals surface area contributed by atoms with E-state index in [9.17, 15) is 18.3 Å². The summed E-state index contributed by atoms with van der Waals surface area (Å²) in [6.45, 7) is 9.81. The second-order valence-electron chi connectivity index (χ2n) is 11.8. The van der Waals surface area contributed by atoms with E-state index in [1.165, 1.54) is 16.6 Å². The van der Waals surface area contributed by atoms with Gasteiger partial charge in [0.1, 0.15) is 10.7 Å². The molecule has 1 fully saturated rings. The molecule has 1 N–H and O–H groups in total. The molecule has 2 aliphatic heterocycles. The summed E-state index contributed by atoms with van der Waals surface area (Å²) < 4.78 is 42.7. The predicted molar refractivity (Wildman–Crippen MR) is 153 cm³/mol. The number of ether oxygens (including phenoxy) is 2. The Hall–Kier alpha value is -3.87. The second-order valence-corrected chi connectivity index (χ2v) is 13.7. The van der Waals surface area contributed by atoms with E-state index in [4.69, 9.17) is 9.47 Å². The van der Waals surface area contributed by atoms with E-state index in [-0.39, 0.29) is 37.1 Å². The van der Waals surface area contributed by atoms with Gasteiger partial charge in [-0.05, 0) is 80.6 Å². The quantitative estimate of drug-likeness (QED) is 0.356. The van der Waals surface area contributed by atoms with Gasteiger partial charge < -0.3 is 14.6 Å². The number of aliphatic carboxylic acids is 1. The van der Waals surface area contributed by atoms with Crippen LogP contribution in [0, 0.1) is 26.2 Å². The zero-order chi connectivity index (χ0) is 30.0. The third-order valence-corrected chi connectivity index (χ3v) is 10.3. The lowest BCUT2D eigenvalue weighted by atomic mass is 9.70. The van der Waals surface area contributed by atoms with Crippen LogP contribution >= 0.6 is 0 Å². The Morgan fingerprint density at radius 3 is 2.60 bits per heavy atom. The Bertz CT molecular complexity index is 1830. The van der Waals surface area contributed by atoms with Gasteiger partial charge in [0.05, 0.1) is 25.2 Å². The highest BCUT2D eigenvalue weighted by molar-refractivity contribution is 7.89. The smallest absolute Gasteiger partial charge is 0.310 e. The van der Waals surface area contributed by atoms with Crippen LogP contribution in [0.3, 0.4) is 0 Å². The summed E-state index contributed by atoms with van der Waals surface area (Å²) in [6, 6.07) is 10.8. The molecule has 12 heteroatoms. The zero-order valence-electron chi connectivity index (χ0n) is 24.2. The highest BCUT2D eigenvalue weighted by Crippen LogP contribution is 2.44. The molecule has 0 radical (unpaired) electrons. The third kappa shape index (κ3) is 4.45. The Morgan fingerprint density at radius 2 is 1.90 bits per heavy atom. The average molecular weight is 592 g/mol. The number of aromatic nitrogens is 4. The fourth-order valence-electron chi connectivity index (χ4n) is 5.92. The summed E-state index contributed by atoms with van der Waals surface area (Å²) >= 11 is 0. The minimum atomic E-state index is -3.96. The Kier molecular flexibility index (Phi) is 6.63. The first-order chi connectivity index (χ1) is 19.8. The summed E-state index contributed by atoms with van der Waals surface area (Å²) in [5, 5.41) is 18.9. The number of benzene rings is 1. The van der Waals surface area contributed by atoms with Crippen molar-refractivity contribution in [3.63, 3.8) is 0 Å². The first-order valence-electron chi connectivity index (χ1n) is 13.7. The maximum atomic E-state index is 13.9. The SMILES string of the molecule is Cc1ccc([C@@H](c2ccn3c(C)nnc3c2C)C(C)(C)C(=O)O)cc1CN1CC2(COC2)Oc2ncccc2S1(=O)=O. The predicted octanol–water partition coefficient (Wildman–Crippen LogP) is 3.64. The summed E-state index contributed by atoms with van der Waals surface area (Å²) in [6.07, 6.45) is 3.37. The van der Waals surface area contributed by atoms with Crippen LogP contribution in [0.1, 0.15) is 53.4 Å². The van der Waals surface area contributed by atoms with Crippen LogP contribution in [-0.4, -0.2) is 68.7 Å². The van der Waals surface area contributed by atoms with E-state index < -0.39 is 32.9 Å². The maximum absolute atomic E-state index is 13.9. The average Bonchev–Trinajstić information content (AvgIpc) is 3.26. The van der Waals surface area contributed by atoms with Gasteiger partial charge in [0.15, 0.2) is 11.2 Å². The number of carboxylic acids is 1. The molecule has 4 aromatic rings. The van der Waals surface area contributed by atoms with Crippen molar-refractivity contribution in [2.24, 2.45) is 5.41 Å². The van der Waals surface area contributed by atoms with Crippen LogP contribution in [0.5, 0.6) is 5.88 Å². The van der Waals surface area contributed by atoms with Crippen molar-refractivity contribution in [2.75, 3.05) is 19.8 Å². The van der Waals surface area contributed by atoms with E-state index >= 15 is 0 Å². The minimum absolute atomic E-state index is 0.0139. The second kappa shape index (κ2) is 9.85. The lowest BCUT2D eigenvalue weighted by Gasteiger charge is -2.41. The molecule has 0 aliphatic carbocycles. The van der Waals surface area contributed by atoms with Gasteiger partial charge in [0.25, 0.3) is 0 Å². The number of carbonyl (C=O) groups is 1. The first kappa shape index (κ1) is 28.3. The molecule has 6 rings (SSSR count). The van der Waals surface area contributed by atoms with Gasteiger partial charge in [-0.2, -0.15) is 4.31 Å². The molecular weight excluding hydrogens is 558 g/mol. The van der Waals surface area contributed by atoms with Crippen molar-refractivity contribution in [1.29, 1.82) is 0 Å². The van der Waals surface area contributed by atoms with Crippen molar-refractivity contribution in [2.45, 2.75) is 57.6 Å². The van der Waals surface area contributed by atoms with E-state index in [1.807, 2.05) is 55.6 Å². The molecule has 1 spiro atoms. The largest absolute Gasteiger partial charge is 0.481 e. The number of hydrogen-bond acceptors (Lipinski definition) is 8. The molecular formula is C30H33N5O6S. The van der Waals surface area contributed by atoms with Gasteiger partial charge in [0, 0.05) is 24.9 Å². The first-order valence-corrected chi connectivity index (χ1v) is 15.1. The van der Waals surface area contributed by atoms with E-state index in [0.29, 0.717) is 5.65 Å². The van der Waals surface area contributed by atoms with Gasteiger partial charge in [-0.3, -0.25) is 9.20 Å². The molecule has 0 saturated carbocycles. The van der Waals surface area contributed by atoms with Crippen LogP contribution in [0.25, 0.3) is 5.65 Å². The number of nitrogens with zero attached hydrogens (tertiary/aromatic N) is 5. The fraction of sp³-hybridized carbons (Fsp3) is 0.400. The highest BCUT2D eigenvalue weighted by Gasteiger charge is 2.49. The van der Waals surface area contributed by atoms with Crippen LogP contribution in [0.4, 0.5) is 0 Å². The Balaban J connectivity index is 1.46. The van der Waals surface area contributed by atoms with Crippen molar-refractivity contribution in [1.82, 2.24) is 23.9 Å². The lowest BCUT2D eigenvalue weighted by molar-refractivity contribution is -0.166. The number of pyridine rings is 2. The number of rotatable bonds is 6. The van der Waals surface area contributed by atoms with E-state index in [0.717, 1.165) is 33.6 Å². The molecule has 0 amide bonds. The molecule has 1 aromatic carbocycles. The molecule has 0 unspecified atom stereocenters. The molecule has 5 heterocycles. The summed E-state index contributed by atoms with van der Waals surface area (Å²) in [5.74, 6) is -0.696. The van der Waals surface area contributed by atoms with Crippen molar-refractivity contribution >= 4 is 21.6 Å². The number of hydrogen-bond donors (Lipinski definition) is 1. The molecule has 11 nitrogen and oxygen atoms in total.